The van der Waals surface area contributed by atoms with Gasteiger partial charge in [0.15, 0.2) is 6.29 Å². The van der Waals surface area contributed by atoms with Crippen molar-refractivity contribution in [2.75, 3.05) is 6.61 Å². The highest BCUT2D eigenvalue weighted by Gasteiger charge is 2.46. The van der Waals surface area contributed by atoms with E-state index in [0.717, 1.165) is 11.1 Å². The van der Waals surface area contributed by atoms with Gasteiger partial charge in [0, 0.05) is 13.1 Å². The van der Waals surface area contributed by atoms with E-state index in [-0.39, 0.29) is 6.61 Å². The molecular weight excluding hydrogens is 406 g/mol. The van der Waals surface area contributed by atoms with Crippen LogP contribution in [0.1, 0.15) is 21.5 Å². The van der Waals surface area contributed by atoms with Crippen LogP contribution in [0.15, 0.2) is 91.0 Å². The summed E-state index contributed by atoms with van der Waals surface area (Å²) in [7, 11) is 0. The molecule has 6 nitrogen and oxygen atoms in total. The number of nitrogens with zero attached hydrogens (tertiary/aromatic N) is 1. The molecule has 32 heavy (non-hydrogen) atoms. The number of hydrogen-bond acceptors (Lipinski definition) is 6. The molecule has 1 aliphatic heterocycles. The van der Waals surface area contributed by atoms with Gasteiger partial charge in [0.2, 0.25) is 0 Å². The average Bonchev–Trinajstić information content (AvgIpc) is 3.12. The third-order valence-electron chi connectivity index (χ3n) is 5.60. The molecule has 3 aromatic carbocycles. The molecule has 0 spiro atoms. The molecule has 1 fully saturated rings. The van der Waals surface area contributed by atoms with Gasteiger partial charge in [0.05, 0.1) is 11.6 Å². The van der Waals surface area contributed by atoms with Gasteiger partial charge in [0.1, 0.15) is 18.8 Å². The van der Waals surface area contributed by atoms with Gasteiger partial charge >= 0.3 is 5.97 Å². The van der Waals surface area contributed by atoms with Crippen LogP contribution in [0.2, 0.25) is 0 Å². The van der Waals surface area contributed by atoms with Gasteiger partial charge in [-0.1, -0.05) is 78.9 Å². The van der Waals surface area contributed by atoms with Crippen molar-refractivity contribution in [1.29, 1.82) is 0 Å². The van der Waals surface area contributed by atoms with Crippen LogP contribution >= 0.6 is 0 Å². The third-order valence-corrected chi connectivity index (χ3v) is 5.60. The number of hydrogen-bond donors (Lipinski definition) is 2. The summed E-state index contributed by atoms with van der Waals surface area (Å²) >= 11 is 0. The fraction of sp³-hybridized carbons (Fsp3) is 0.269. The number of rotatable bonds is 8. The molecule has 6 heteroatoms. The maximum absolute atomic E-state index is 12.4. The zero-order valence-corrected chi connectivity index (χ0v) is 17.7. The minimum Gasteiger partial charge on any atom is -0.459 e. The van der Waals surface area contributed by atoms with Crippen LogP contribution in [0.25, 0.3) is 0 Å². The number of aliphatic hydroxyl groups is 2. The molecule has 166 valence electrons. The lowest BCUT2D eigenvalue weighted by molar-refractivity contribution is -0.133. The molecule has 2 N–H and O–H groups in total. The van der Waals surface area contributed by atoms with Gasteiger partial charge in [0.25, 0.3) is 0 Å². The van der Waals surface area contributed by atoms with E-state index < -0.39 is 30.5 Å². The summed E-state index contributed by atoms with van der Waals surface area (Å²) in [6, 6.07) is 28.0. The molecule has 0 radical (unpaired) electrons. The highest BCUT2D eigenvalue weighted by Crippen LogP contribution is 2.28. The van der Waals surface area contributed by atoms with Crippen molar-refractivity contribution in [3.05, 3.63) is 108 Å². The molecule has 4 atom stereocenters. The molecular formula is C26H27NO5. The van der Waals surface area contributed by atoms with E-state index in [1.165, 1.54) is 0 Å². The lowest BCUT2D eigenvalue weighted by Crippen LogP contribution is -2.48. The van der Waals surface area contributed by atoms with E-state index in [0.29, 0.717) is 18.7 Å². The van der Waals surface area contributed by atoms with Gasteiger partial charge in [-0.05, 0) is 23.3 Å². The minimum atomic E-state index is -1.35. The molecule has 0 aromatic heterocycles. The minimum absolute atomic E-state index is 0.0768. The zero-order chi connectivity index (χ0) is 22.3. The SMILES string of the molecule is O=C(OC[C@H]1O[C@H](O)C(O)C1N(Cc1ccccc1)Cc1ccccc1)c1ccccc1. The monoisotopic (exact) mass is 433 g/mol. The lowest BCUT2D eigenvalue weighted by atomic mass is 10.0. The van der Waals surface area contributed by atoms with E-state index in [2.05, 4.69) is 4.90 Å². The second-order valence-electron chi connectivity index (χ2n) is 7.89. The van der Waals surface area contributed by atoms with Crippen LogP contribution < -0.4 is 0 Å². The van der Waals surface area contributed by atoms with E-state index >= 15 is 0 Å². The summed E-state index contributed by atoms with van der Waals surface area (Å²) in [6.45, 7) is 1.000. The molecule has 1 heterocycles. The van der Waals surface area contributed by atoms with Crippen molar-refractivity contribution in [2.24, 2.45) is 0 Å². The van der Waals surface area contributed by atoms with Crippen molar-refractivity contribution in [2.45, 2.75) is 37.6 Å². The first-order chi connectivity index (χ1) is 15.6. The first kappa shape index (κ1) is 22.2. The molecule has 2 unspecified atom stereocenters. The standard InChI is InChI=1S/C26H27NO5/c28-24-23(22(32-26(24)30)18-31-25(29)21-14-8-3-9-15-21)27(16-19-10-4-1-5-11-19)17-20-12-6-2-7-13-20/h1-15,22-24,26,28,30H,16-18H2/t22-,23?,24?,26+/m1/s1. The Morgan fingerprint density at radius 1 is 0.812 bits per heavy atom. The molecule has 0 bridgehead atoms. The normalized spacial score (nSPS) is 22.7. The summed E-state index contributed by atoms with van der Waals surface area (Å²) in [5, 5.41) is 21.0. The van der Waals surface area contributed by atoms with Crippen molar-refractivity contribution in [3.63, 3.8) is 0 Å². The molecule has 1 aliphatic rings. The number of ether oxygens (including phenoxy) is 2. The Kier molecular flexibility index (Phi) is 7.29. The zero-order valence-electron chi connectivity index (χ0n) is 17.7. The van der Waals surface area contributed by atoms with Crippen molar-refractivity contribution in [3.8, 4) is 0 Å². The highest BCUT2D eigenvalue weighted by molar-refractivity contribution is 5.89. The van der Waals surface area contributed by atoms with Gasteiger partial charge in [-0.2, -0.15) is 0 Å². The molecule has 0 saturated carbocycles. The molecule has 1 saturated heterocycles. The summed E-state index contributed by atoms with van der Waals surface area (Å²) in [5.74, 6) is -0.471. The van der Waals surface area contributed by atoms with E-state index in [4.69, 9.17) is 9.47 Å². The summed E-state index contributed by atoms with van der Waals surface area (Å²) < 4.78 is 11.1. The molecule has 3 aromatic rings. The van der Waals surface area contributed by atoms with Crippen molar-refractivity contribution >= 4 is 5.97 Å². The topological polar surface area (TPSA) is 79.2 Å². The average molecular weight is 434 g/mol. The van der Waals surface area contributed by atoms with Crippen LogP contribution in [0.3, 0.4) is 0 Å². The Morgan fingerprint density at radius 2 is 1.31 bits per heavy atom. The Hall–Kier alpha value is -3.03. The quantitative estimate of drug-likeness (QED) is 0.532. The van der Waals surface area contributed by atoms with Crippen LogP contribution in [0.4, 0.5) is 0 Å². The number of carbonyl (C=O) groups is 1. The number of esters is 1. The van der Waals surface area contributed by atoms with Crippen LogP contribution in [-0.4, -0.2) is 52.2 Å². The first-order valence-electron chi connectivity index (χ1n) is 10.7. The fourth-order valence-corrected chi connectivity index (χ4v) is 4.04. The van der Waals surface area contributed by atoms with Crippen molar-refractivity contribution < 1.29 is 24.5 Å². The van der Waals surface area contributed by atoms with Crippen LogP contribution in [0, 0.1) is 0 Å². The molecule has 0 aliphatic carbocycles. The summed E-state index contributed by atoms with van der Waals surface area (Å²) in [4.78, 5) is 14.5. The van der Waals surface area contributed by atoms with Gasteiger partial charge in [-0.25, -0.2) is 4.79 Å². The molecule has 0 amide bonds. The Labute approximate surface area is 187 Å². The van der Waals surface area contributed by atoms with Crippen molar-refractivity contribution in [1.82, 2.24) is 4.90 Å². The number of carbonyl (C=O) groups excluding carboxylic acids is 1. The fourth-order valence-electron chi connectivity index (χ4n) is 4.04. The summed E-state index contributed by atoms with van der Waals surface area (Å²) in [6.07, 6.45) is -3.17. The van der Waals surface area contributed by atoms with E-state index in [1.54, 1.807) is 24.3 Å². The number of benzene rings is 3. The van der Waals surface area contributed by atoms with Gasteiger partial charge < -0.3 is 19.7 Å². The first-order valence-corrected chi connectivity index (χ1v) is 10.7. The predicted molar refractivity (Wildman–Crippen MR) is 120 cm³/mol. The second kappa shape index (κ2) is 10.5. The number of aliphatic hydroxyl groups excluding tert-OH is 2. The Bertz CT molecular complexity index is 941. The van der Waals surface area contributed by atoms with Gasteiger partial charge in [-0.3, -0.25) is 4.90 Å². The van der Waals surface area contributed by atoms with E-state index in [1.807, 2.05) is 66.7 Å². The Balaban J connectivity index is 1.54. The Morgan fingerprint density at radius 3 is 1.84 bits per heavy atom. The molecule has 4 rings (SSSR count). The van der Waals surface area contributed by atoms with Crippen LogP contribution in [-0.2, 0) is 22.6 Å². The maximum atomic E-state index is 12.4. The summed E-state index contributed by atoms with van der Waals surface area (Å²) in [5.41, 5.74) is 2.57. The predicted octanol–water partition coefficient (Wildman–Crippen LogP) is 2.99. The van der Waals surface area contributed by atoms with E-state index in [9.17, 15) is 15.0 Å². The van der Waals surface area contributed by atoms with Gasteiger partial charge in [-0.15, -0.1) is 0 Å². The largest absolute Gasteiger partial charge is 0.459 e. The van der Waals surface area contributed by atoms with Crippen LogP contribution in [0.5, 0.6) is 0 Å². The second-order valence-corrected chi connectivity index (χ2v) is 7.89. The third kappa shape index (κ3) is 5.41. The maximum Gasteiger partial charge on any atom is 0.338 e. The smallest absolute Gasteiger partial charge is 0.338 e. The lowest BCUT2D eigenvalue weighted by Gasteiger charge is -2.33. The highest BCUT2D eigenvalue weighted by atomic mass is 16.6.